The van der Waals surface area contributed by atoms with E-state index < -0.39 is 0 Å². The van der Waals surface area contributed by atoms with Crippen molar-refractivity contribution in [3.8, 4) is 5.69 Å². The van der Waals surface area contributed by atoms with E-state index in [1.165, 1.54) is 44.9 Å². The van der Waals surface area contributed by atoms with Gasteiger partial charge in [-0.25, -0.2) is 9.67 Å². The number of anilines is 1. The Hall–Kier alpha value is -1.55. The van der Waals surface area contributed by atoms with Gasteiger partial charge in [0.05, 0.1) is 11.4 Å². The van der Waals surface area contributed by atoms with E-state index in [0.717, 1.165) is 22.9 Å². The predicted octanol–water partition coefficient (Wildman–Crippen LogP) is 4.69. The van der Waals surface area contributed by atoms with E-state index in [1.807, 2.05) is 18.2 Å². The first-order chi connectivity index (χ1) is 10.3. The molecule has 0 radical (unpaired) electrons. The predicted molar refractivity (Wildman–Crippen MR) is 88.2 cm³/mol. The Labute approximate surface area is 131 Å². The van der Waals surface area contributed by atoms with E-state index in [0.29, 0.717) is 0 Å². The van der Waals surface area contributed by atoms with E-state index >= 15 is 0 Å². The maximum absolute atomic E-state index is 6.09. The molecule has 1 aromatic carbocycles. The lowest BCUT2D eigenvalue weighted by atomic mass is 10.1. The molecular formula is C16H23ClN4. The van der Waals surface area contributed by atoms with Crippen molar-refractivity contribution in [2.24, 2.45) is 0 Å². The molecule has 0 saturated carbocycles. The van der Waals surface area contributed by atoms with Crippen molar-refractivity contribution >= 4 is 17.3 Å². The fraction of sp³-hybridized carbons (Fsp3) is 0.500. The standard InChI is InChI=1S/C16H23ClN4/c1-2-3-4-5-6-7-10-19-15-11-14(17)8-9-16(15)21-13-18-12-20-21/h8-9,11-13,19H,2-7,10H2,1H3. The minimum Gasteiger partial charge on any atom is -0.383 e. The smallest absolute Gasteiger partial charge is 0.138 e. The van der Waals surface area contributed by atoms with Crippen LogP contribution in [0.3, 0.4) is 0 Å². The summed E-state index contributed by atoms with van der Waals surface area (Å²) in [5, 5.41) is 8.36. The van der Waals surface area contributed by atoms with Crippen LogP contribution < -0.4 is 5.32 Å². The second-order valence-corrected chi connectivity index (χ2v) is 5.63. The normalized spacial score (nSPS) is 10.8. The first-order valence-corrected chi connectivity index (χ1v) is 8.07. The van der Waals surface area contributed by atoms with Gasteiger partial charge in [-0.05, 0) is 24.6 Å². The fourth-order valence-electron chi connectivity index (χ4n) is 2.31. The molecule has 0 amide bonds. The average Bonchev–Trinajstić information content (AvgIpc) is 3.00. The summed E-state index contributed by atoms with van der Waals surface area (Å²) in [5.41, 5.74) is 1.98. The van der Waals surface area contributed by atoms with E-state index in [4.69, 9.17) is 11.6 Å². The third kappa shape index (κ3) is 5.05. The largest absolute Gasteiger partial charge is 0.383 e. The molecule has 114 valence electrons. The van der Waals surface area contributed by atoms with Gasteiger partial charge in [0.25, 0.3) is 0 Å². The van der Waals surface area contributed by atoms with Crippen LogP contribution in [0.5, 0.6) is 0 Å². The molecule has 2 rings (SSSR count). The van der Waals surface area contributed by atoms with E-state index in [-0.39, 0.29) is 0 Å². The van der Waals surface area contributed by atoms with Gasteiger partial charge < -0.3 is 5.32 Å². The lowest BCUT2D eigenvalue weighted by Gasteiger charge is -2.12. The van der Waals surface area contributed by atoms with Gasteiger partial charge in [0, 0.05) is 11.6 Å². The Morgan fingerprint density at radius 3 is 2.71 bits per heavy atom. The highest BCUT2D eigenvalue weighted by Gasteiger charge is 2.05. The molecule has 0 aliphatic rings. The SMILES string of the molecule is CCCCCCCCNc1cc(Cl)ccc1-n1cncn1. The van der Waals surface area contributed by atoms with Crippen molar-refractivity contribution in [1.82, 2.24) is 14.8 Å². The molecule has 0 aliphatic carbocycles. The first-order valence-electron chi connectivity index (χ1n) is 7.69. The summed E-state index contributed by atoms with van der Waals surface area (Å²) in [6.07, 6.45) is 11.0. The number of unbranched alkanes of at least 4 members (excludes halogenated alkanes) is 5. The molecule has 0 spiro atoms. The van der Waals surface area contributed by atoms with Crippen molar-refractivity contribution in [2.75, 3.05) is 11.9 Å². The molecule has 1 N–H and O–H groups in total. The molecule has 1 heterocycles. The molecule has 2 aromatic rings. The summed E-state index contributed by atoms with van der Waals surface area (Å²) in [7, 11) is 0. The molecule has 0 unspecified atom stereocenters. The third-order valence-electron chi connectivity index (χ3n) is 3.47. The van der Waals surface area contributed by atoms with Crippen LogP contribution in [0.25, 0.3) is 5.69 Å². The number of rotatable bonds is 9. The molecule has 21 heavy (non-hydrogen) atoms. The summed E-state index contributed by atoms with van der Waals surface area (Å²) >= 11 is 6.09. The molecule has 1 aromatic heterocycles. The van der Waals surface area contributed by atoms with Gasteiger partial charge in [0.15, 0.2) is 0 Å². The van der Waals surface area contributed by atoms with Crippen molar-refractivity contribution in [3.05, 3.63) is 35.9 Å². The molecule has 0 saturated heterocycles. The Morgan fingerprint density at radius 1 is 1.14 bits per heavy atom. The summed E-state index contributed by atoms with van der Waals surface area (Å²) in [6.45, 7) is 3.19. The maximum Gasteiger partial charge on any atom is 0.138 e. The number of aromatic nitrogens is 3. The maximum atomic E-state index is 6.09. The molecule has 0 fully saturated rings. The molecule has 0 bridgehead atoms. The average molecular weight is 307 g/mol. The van der Waals surface area contributed by atoms with Gasteiger partial charge >= 0.3 is 0 Å². The molecule has 5 heteroatoms. The zero-order valence-corrected chi connectivity index (χ0v) is 13.3. The highest BCUT2D eigenvalue weighted by molar-refractivity contribution is 6.31. The van der Waals surface area contributed by atoms with Crippen molar-refractivity contribution in [2.45, 2.75) is 45.4 Å². The van der Waals surface area contributed by atoms with Crippen molar-refractivity contribution in [3.63, 3.8) is 0 Å². The Balaban J connectivity index is 1.86. The minimum absolute atomic E-state index is 0.726. The summed E-state index contributed by atoms with van der Waals surface area (Å²) < 4.78 is 1.75. The number of hydrogen-bond donors (Lipinski definition) is 1. The van der Waals surface area contributed by atoms with E-state index in [9.17, 15) is 0 Å². The van der Waals surface area contributed by atoms with Crippen LogP contribution in [-0.4, -0.2) is 21.3 Å². The number of hydrogen-bond acceptors (Lipinski definition) is 3. The first kappa shape index (κ1) is 15.8. The second kappa shape index (κ2) is 8.67. The van der Waals surface area contributed by atoms with Crippen LogP contribution in [0.2, 0.25) is 5.02 Å². The van der Waals surface area contributed by atoms with Crippen LogP contribution in [0, 0.1) is 0 Å². The van der Waals surface area contributed by atoms with Gasteiger partial charge in [-0.3, -0.25) is 0 Å². The minimum atomic E-state index is 0.726. The van der Waals surface area contributed by atoms with Gasteiger partial charge in [-0.2, -0.15) is 5.10 Å². The fourth-order valence-corrected chi connectivity index (χ4v) is 2.48. The van der Waals surface area contributed by atoms with Crippen LogP contribution in [-0.2, 0) is 0 Å². The zero-order chi connectivity index (χ0) is 14.9. The van der Waals surface area contributed by atoms with E-state index in [1.54, 1.807) is 11.0 Å². The monoisotopic (exact) mass is 306 g/mol. The lowest BCUT2D eigenvalue weighted by Crippen LogP contribution is -2.06. The second-order valence-electron chi connectivity index (χ2n) is 5.20. The Kier molecular flexibility index (Phi) is 6.54. The van der Waals surface area contributed by atoms with Crippen molar-refractivity contribution < 1.29 is 0 Å². The molecule has 0 aliphatic heterocycles. The summed E-state index contributed by atoms with van der Waals surface area (Å²) in [6, 6.07) is 5.77. The van der Waals surface area contributed by atoms with Crippen LogP contribution in [0.1, 0.15) is 45.4 Å². The van der Waals surface area contributed by atoms with E-state index in [2.05, 4.69) is 22.3 Å². The number of benzene rings is 1. The molecule has 0 atom stereocenters. The van der Waals surface area contributed by atoms with Crippen LogP contribution >= 0.6 is 11.6 Å². The number of halogens is 1. The number of nitrogens with one attached hydrogen (secondary N) is 1. The number of nitrogens with zero attached hydrogens (tertiary/aromatic N) is 3. The van der Waals surface area contributed by atoms with Crippen LogP contribution in [0.15, 0.2) is 30.9 Å². The summed E-state index contributed by atoms with van der Waals surface area (Å²) in [4.78, 5) is 3.99. The Bertz CT molecular complexity index is 525. The third-order valence-corrected chi connectivity index (χ3v) is 3.71. The zero-order valence-electron chi connectivity index (χ0n) is 12.6. The highest BCUT2D eigenvalue weighted by Crippen LogP contribution is 2.24. The van der Waals surface area contributed by atoms with Gasteiger partial charge in [-0.1, -0.05) is 50.6 Å². The highest BCUT2D eigenvalue weighted by atomic mass is 35.5. The molecular weight excluding hydrogens is 284 g/mol. The lowest BCUT2D eigenvalue weighted by molar-refractivity contribution is 0.617. The van der Waals surface area contributed by atoms with Crippen molar-refractivity contribution in [1.29, 1.82) is 0 Å². The van der Waals surface area contributed by atoms with Crippen LogP contribution in [0.4, 0.5) is 5.69 Å². The van der Waals surface area contributed by atoms with Gasteiger partial charge in [0.2, 0.25) is 0 Å². The van der Waals surface area contributed by atoms with Gasteiger partial charge in [-0.15, -0.1) is 0 Å². The Morgan fingerprint density at radius 2 is 1.95 bits per heavy atom. The summed E-state index contributed by atoms with van der Waals surface area (Å²) in [5.74, 6) is 0. The topological polar surface area (TPSA) is 42.7 Å². The van der Waals surface area contributed by atoms with Gasteiger partial charge in [0.1, 0.15) is 12.7 Å². The molecule has 4 nitrogen and oxygen atoms in total. The quantitative estimate of drug-likeness (QED) is 0.683.